The number of para-hydroxylation sites is 4. The monoisotopic (exact) mass is 508 g/mol. The molecule has 2 aromatic heterocycles. The van der Waals surface area contributed by atoms with Crippen LogP contribution in [0.4, 0.5) is 17.1 Å². The predicted molar refractivity (Wildman–Crippen MR) is 167 cm³/mol. The van der Waals surface area contributed by atoms with Crippen molar-refractivity contribution in [3.8, 4) is 5.69 Å². The van der Waals surface area contributed by atoms with Crippen LogP contribution in [0, 0.1) is 0 Å². The van der Waals surface area contributed by atoms with Gasteiger partial charge in [-0.05, 0) is 64.9 Å². The van der Waals surface area contributed by atoms with Crippen LogP contribution < -0.4 is 21.3 Å². The normalized spacial score (nSPS) is 13.4. The lowest BCUT2D eigenvalue weighted by molar-refractivity contribution is 0.669. The average molecular weight is 508 g/mol. The van der Waals surface area contributed by atoms with Crippen molar-refractivity contribution in [2.75, 3.05) is 4.90 Å². The number of benzene rings is 6. The third kappa shape index (κ3) is 2.39. The lowest BCUT2D eigenvalue weighted by Crippen LogP contribution is -2.60. The number of hydrogen-bond acceptors (Lipinski definition) is 2. The van der Waals surface area contributed by atoms with Crippen molar-refractivity contribution in [1.29, 1.82) is 0 Å². The molecule has 0 N–H and O–H groups in total. The van der Waals surface area contributed by atoms with E-state index in [-0.39, 0.29) is 6.71 Å². The lowest BCUT2D eigenvalue weighted by atomic mass is 9.33. The third-order valence-electron chi connectivity index (χ3n) is 8.96. The Bertz CT molecular complexity index is 2350. The van der Waals surface area contributed by atoms with Crippen molar-refractivity contribution in [3.63, 3.8) is 0 Å². The van der Waals surface area contributed by atoms with Gasteiger partial charge in [-0.2, -0.15) is 0 Å². The Morgan fingerprint density at radius 3 is 2.17 bits per heavy atom. The van der Waals surface area contributed by atoms with Crippen molar-refractivity contribution in [2.45, 2.75) is 0 Å². The van der Waals surface area contributed by atoms with Crippen molar-refractivity contribution >= 4 is 83.9 Å². The minimum absolute atomic E-state index is 0.0754. The van der Waals surface area contributed by atoms with E-state index in [0.717, 1.165) is 11.2 Å². The summed E-state index contributed by atoms with van der Waals surface area (Å²) in [6, 6.07) is 46.0. The summed E-state index contributed by atoms with van der Waals surface area (Å²) in [6.45, 7) is 0.0754. The van der Waals surface area contributed by atoms with E-state index in [0.29, 0.717) is 0 Å². The van der Waals surface area contributed by atoms with Crippen LogP contribution >= 0.6 is 0 Å². The Morgan fingerprint density at radius 2 is 1.25 bits per heavy atom. The lowest BCUT2D eigenvalue weighted by Gasteiger charge is -2.40. The molecule has 4 heterocycles. The largest absolute Gasteiger partial charge is 0.456 e. The number of nitrogens with zero attached hydrogens (tertiary/aromatic N) is 2. The molecule has 2 aliphatic heterocycles. The zero-order chi connectivity index (χ0) is 25.9. The molecular formula is C36H21BN2O. The molecule has 10 rings (SSSR count). The molecule has 6 aromatic carbocycles. The molecule has 0 amide bonds. The van der Waals surface area contributed by atoms with Gasteiger partial charge in [-0.1, -0.05) is 78.9 Å². The molecule has 0 aliphatic carbocycles. The molecule has 0 unspecified atom stereocenters. The summed E-state index contributed by atoms with van der Waals surface area (Å²) >= 11 is 0. The van der Waals surface area contributed by atoms with Gasteiger partial charge < -0.3 is 13.9 Å². The van der Waals surface area contributed by atoms with Crippen LogP contribution in [0.2, 0.25) is 0 Å². The Hall–Kier alpha value is -5.22. The quantitative estimate of drug-likeness (QED) is 0.217. The fraction of sp³-hybridized carbons (Fsp3) is 0. The van der Waals surface area contributed by atoms with E-state index in [1.54, 1.807) is 0 Å². The second kappa shape index (κ2) is 7.25. The van der Waals surface area contributed by atoms with Gasteiger partial charge in [0.25, 0.3) is 6.71 Å². The van der Waals surface area contributed by atoms with Gasteiger partial charge in [-0.3, -0.25) is 0 Å². The summed E-state index contributed by atoms with van der Waals surface area (Å²) in [6.07, 6.45) is 0. The molecule has 0 spiro atoms. The Kier molecular flexibility index (Phi) is 3.75. The molecule has 0 saturated heterocycles. The summed E-state index contributed by atoms with van der Waals surface area (Å²) in [5.41, 5.74) is 13.3. The molecule has 2 aliphatic rings. The van der Waals surface area contributed by atoms with Gasteiger partial charge >= 0.3 is 0 Å². The second-order valence-corrected chi connectivity index (χ2v) is 10.9. The fourth-order valence-electron chi connectivity index (χ4n) is 7.50. The van der Waals surface area contributed by atoms with Crippen LogP contribution in [-0.2, 0) is 0 Å². The Morgan fingerprint density at radius 1 is 0.525 bits per heavy atom. The molecule has 0 radical (unpaired) electrons. The second-order valence-electron chi connectivity index (χ2n) is 10.9. The molecular weight excluding hydrogens is 487 g/mol. The maximum Gasteiger partial charge on any atom is 0.253 e. The zero-order valence-corrected chi connectivity index (χ0v) is 21.5. The van der Waals surface area contributed by atoms with Crippen LogP contribution in [0.25, 0.3) is 49.4 Å². The first-order chi connectivity index (χ1) is 19.9. The highest BCUT2D eigenvalue weighted by Gasteiger charge is 2.43. The number of anilines is 3. The van der Waals surface area contributed by atoms with Crippen LogP contribution in [-0.4, -0.2) is 11.3 Å². The van der Waals surface area contributed by atoms with Crippen molar-refractivity contribution in [2.24, 2.45) is 0 Å². The van der Waals surface area contributed by atoms with E-state index in [9.17, 15) is 0 Å². The molecule has 0 saturated carbocycles. The Labute approximate surface area is 230 Å². The SMILES string of the molecule is c1ccc(N2c3ccccc3B3c4c2cccc4-n2c4ccccc4c4cc5oc6ccccc6c5c3c42)cc1. The number of rotatable bonds is 1. The summed E-state index contributed by atoms with van der Waals surface area (Å²) in [5.74, 6) is 0. The summed E-state index contributed by atoms with van der Waals surface area (Å²) in [7, 11) is 0. The summed E-state index contributed by atoms with van der Waals surface area (Å²) < 4.78 is 9.08. The zero-order valence-electron chi connectivity index (χ0n) is 21.5. The number of aromatic nitrogens is 1. The first-order valence-electron chi connectivity index (χ1n) is 13.8. The van der Waals surface area contributed by atoms with E-state index >= 15 is 0 Å². The third-order valence-corrected chi connectivity index (χ3v) is 8.96. The van der Waals surface area contributed by atoms with Crippen molar-refractivity contribution < 1.29 is 4.42 Å². The minimum Gasteiger partial charge on any atom is -0.456 e. The van der Waals surface area contributed by atoms with E-state index < -0.39 is 0 Å². The number of furan rings is 1. The topological polar surface area (TPSA) is 21.3 Å². The van der Waals surface area contributed by atoms with Crippen LogP contribution in [0.15, 0.2) is 132 Å². The van der Waals surface area contributed by atoms with E-state index in [1.165, 1.54) is 71.7 Å². The number of hydrogen-bond donors (Lipinski definition) is 0. The van der Waals surface area contributed by atoms with Crippen LogP contribution in [0.1, 0.15) is 0 Å². The van der Waals surface area contributed by atoms with Gasteiger partial charge in [0, 0.05) is 44.3 Å². The van der Waals surface area contributed by atoms with Crippen LogP contribution in [0.5, 0.6) is 0 Å². The molecule has 0 atom stereocenters. The van der Waals surface area contributed by atoms with Crippen molar-refractivity contribution in [3.05, 3.63) is 127 Å². The molecule has 184 valence electrons. The molecule has 0 bridgehead atoms. The molecule has 4 heteroatoms. The fourth-order valence-corrected chi connectivity index (χ4v) is 7.50. The first kappa shape index (κ1) is 20.7. The summed E-state index contributed by atoms with van der Waals surface area (Å²) in [4.78, 5) is 2.44. The van der Waals surface area contributed by atoms with Gasteiger partial charge in [0.15, 0.2) is 0 Å². The molecule has 40 heavy (non-hydrogen) atoms. The molecule has 0 fully saturated rings. The Balaban J connectivity index is 1.47. The molecule has 3 nitrogen and oxygen atoms in total. The van der Waals surface area contributed by atoms with Crippen molar-refractivity contribution in [1.82, 2.24) is 4.57 Å². The first-order valence-corrected chi connectivity index (χ1v) is 13.8. The smallest absolute Gasteiger partial charge is 0.253 e. The van der Waals surface area contributed by atoms with Gasteiger partial charge in [-0.15, -0.1) is 0 Å². The predicted octanol–water partition coefficient (Wildman–Crippen LogP) is 7.30. The van der Waals surface area contributed by atoms with E-state index in [4.69, 9.17) is 4.42 Å². The van der Waals surface area contributed by atoms with E-state index in [1.807, 2.05) is 0 Å². The standard InChI is InChI=1S/C36H21BN2O/c1-2-11-22(12-3-1)38-28-17-8-6-15-26(28)37-34-29(38)18-10-19-30(34)39-27-16-7-4-13-23(27)25-21-32-33(35(37)36(25)39)24-14-5-9-20-31(24)40-32/h1-21H. The number of fused-ring (bicyclic) bond motifs is 11. The van der Waals surface area contributed by atoms with Gasteiger partial charge in [-0.25, -0.2) is 0 Å². The maximum absolute atomic E-state index is 6.57. The highest BCUT2D eigenvalue weighted by atomic mass is 16.3. The highest BCUT2D eigenvalue weighted by molar-refractivity contribution is 7.01. The van der Waals surface area contributed by atoms with E-state index in [2.05, 4.69) is 137 Å². The van der Waals surface area contributed by atoms with Gasteiger partial charge in [0.1, 0.15) is 11.2 Å². The van der Waals surface area contributed by atoms with Crippen LogP contribution in [0.3, 0.4) is 0 Å². The van der Waals surface area contributed by atoms with Gasteiger partial charge in [0.05, 0.1) is 11.0 Å². The van der Waals surface area contributed by atoms with Gasteiger partial charge in [0.2, 0.25) is 0 Å². The molecule has 8 aromatic rings. The average Bonchev–Trinajstić information content (AvgIpc) is 3.55. The maximum atomic E-state index is 6.57. The summed E-state index contributed by atoms with van der Waals surface area (Å²) in [5, 5.41) is 4.90. The highest BCUT2D eigenvalue weighted by Crippen LogP contribution is 2.43. The minimum atomic E-state index is 0.0754.